The Labute approximate surface area is 119 Å². The number of carbonyl (C=O) groups excluding carboxylic acids is 1. The maximum absolute atomic E-state index is 12.1. The maximum atomic E-state index is 12.1. The minimum atomic E-state index is -0.260. The van der Waals surface area contributed by atoms with Crippen LogP contribution in [0, 0.1) is 11.8 Å². The highest BCUT2D eigenvalue weighted by Gasteiger charge is 2.32. The van der Waals surface area contributed by atoms with Crippen molar-refractivity contribution in [2.75, 3.05) is 0 Å². The van der Waals surface area contributed by atoms with Gasteiger partial charge < -0.3 is 15.6 Å². The molecule has 0 bridgehead atoms. The normalized spacial score (nSPS) is 19.7. The molecule has 1 aliphatic rings. The molecular weight excluding hydrogens is 256 g/mol. The highest BCUT2D eigenvalue weighted by Crippen LogP contribution is 2.38. The second-order valence-corrected chi connectivity index (χ2v) is 6.14. The van der Waals surface area contributed by atoms with Crippen molar-refractivity contribution in [2.24, 2.45) is 17.6 Å². The molecule has 0 aromatic carbocycles. The van der Waals surface area contributed by atoms with Crippen molar-refractivity contribution in [1.82, 2.24) is 15.5 Å². The molecule has 20 heavy (non-hydrogen) atoms. The number of rotatable bonds is 6. The molecular formula is C14H24N4O2. The average Bonchev–Trinajstić information content (AvgIpc) is 3.13. The van der Waals surface area contributed by atoms with Crippen LogP contribution in [0.25, 0.3) is 0 Å². The molecule has 3 atom stereocenters. The third-order valence-corrected chi connectivity index (χ3v) is 3.83. The summed E-state index contributed by atoms with van der Waals surface area (Å²) in [5.41, 5.74) is 5.77. The predicted octanol–water partition coefficient (Wildman–Crippen LogP) is 1.74. The molecule has 6 heteroatoms. The predicted molar refractivity (Wildman–Crippen MR) is 74.8 cm³/mol. The summed E-state index contributed by atoms with van der Waals surface area (Å²) in [6.07, 6.45) is 2.25. The van der Waals surface area contributed by atoms with E-state index in [-0.39, 0.29) is 29.8 Å². The quantitative estimate of drug-likeness (QED) is 0.827. The number of nitrogens with one attached hydrogen (secondary N) is 1. The molecule has 0 aliphatic heterocycles. The molecule has 1 aromatic heterocycles. The van der Waals surface area contributed by atoms with Crippen LogP contribution in [-0.4, -0.2) is 22.1 Å². The van der Waals surface area contributed by atoms with Crippen molar-refractivity contribution in [1.29, 1.82) is 0 Å². The van der Waals surface area contributed by atoms with Crippen LogP contribution < -0.4 is 11.1 Å². The van der Waals surface area contributed by atoms with E-state index in [1.165, 1.54) is 0 Å². The summed E-state index contributed by atoms with van der Waals surface area (Å²) in [7, 11) is 0. The molecule has 0 spiro atoms. The second kappa shape index (κ2) is 5.91. The summed E-state index contributed by atoms with van der Waals surface area (Å²) in [4.78, 5) is 16.6. The molecule has 1 amide bonds. The standard InChI is InChI=1S/C14H24N4O2/c1-7(2)11(16-13(19)8(3)9(4)15)14-17-12(18-20-14)10-5-6-10/h7-11H,5-6,15H2,1-4H3,(H,16,19). The molecule has 1 saturated carbocycles. The van der Waals surface area contributed by atoms with E-state index in [9.17, 15) is 4.79 Å². The Kier molecular flexibility index (Phi) is 4.42. The number of amides is 1. The van der Waals surface area contributed by atoms with Gasteiger partial charge in [-0.05, 0) is 25.7 Å². The zero-order valence-corrected chi connectivity index (χ0v) is 12.6. The van der Waals surface area contributed by atoms with Crippen molar-refractivity contribution in [2.45, 2.75) is 58.5 Å². The van der Waals surface area contributed by atoms with Crippen LogP contribution in [0.5, 0.6) is 0 Å². The summed E-state index contributed by atoms with van der Waals surface area (Å²) >= 11 is 0. The van der Waals surface area contributed by atoms with E-state index >= 15 is 0 Å². The summed E-state index contributed by atoms with van der Waals surface area (Å²) in [5, 5.41) is 6.98. The van der Waals surface area contributed by atoms with E-state index in [1.54, 1.807) is 0 Å². The van der Waals surface area contributed by atoms with E-state index in [0.29, 0.717) is 11.8 Å². The minimum absolute atomic E-state index is 0.0788. The lowest BCUT2D eigenvalue weighted by atomic mass is 10.00. The highest BCUT2D eigenvalue weighted by molar-refractivity contribution is 5.79. The van der Waals surface area contributed by atoms with Crippen molar-refractivity contribution >= 4 is 5.91 Å². The molecule has 1 heterocycles. The molecule has 1 aliphatic carbocycles. The van der Waals surface area contributed by atoms with Crippen molar-refractivity contribution in [3.05, 3.63) is 11.7 Å². The third kappa shape index (κ3) is 3.36. The molecule has 1 fully saturated rings. The summed E-state index contributed by atoms with van der Waals surface area (Å²) in [6.45, 7) is 7.68. The average molecular weight is 280 g/mol. The van der Waals surface area contributed by atoms with Crippen LogP contribution in [0.3, 0.4) is 0 Å². The second-order valence-electron chi connectivity index (χ2n) is 6.14. The number of hydrogen-bond acceptors (Lipinski definition) is 5. The number of nitrogens with two attached hydrogens (primary N) is 1. The number of hydrogen-bond donors (Lipinski definition) is 2. The summed E-state index contributed by atoms with van der Waals surface area (Å²) < 4.78 is 5.32. The lowest BCUT2D eigenvalue weighted by Crippen LogP contribution is -2.41. The van der Waals surface area contributed by atoms with Crippen LogP contribution in [-0.2, 0) is 4.79 Å². The largest absolute Gasteiger partial charge is 0.344 e. The zero-order valence-electron chi connectivity index (χ0n) is 12.6. The van der Waals surface area contributed by atoms with Gasteiger partial charge in [0.1, 0.15) is 6.04 Å². The first kappa shape index (κ1) is 15.0. The van der Waals surface area contributed by atoms with Crippen LogP contribution in [0.15, 0.2) is 4.52 Å². The Balaban J connectivity index is 2.07. The van der Waals surface area contributed by atoms with Crippen LogP contribution >= 0.6 is 0 Å². The molecule has 1 aromatic rings. The highest BCUT2D eigenvalue weighted by atomic mass is 16.5. The van der Waals surface area contributed by atoms with E-state index in [1.807, 2.05) is 27.7 Å². The first-order valence-corrected chi connectivity index (χ1v) is 7.29. The smallest absolute Gasteiger partial charge is 0.249 e. The fraction of sp³-hybridized carbons (Fsp3) is 0.786. The molecule has 112 valence electrons. The Bertz CT molecular complexity index is 465. The first-order chi connectivity index (χ1) is 9.40. The molecule has 3 unspecified atom stereocenters. The number of carbonyl (C=O) groups is 1. The van der Waals surface area contributed by atoms with Gasteiger partial charge in [-0.3, -0.25) is 4.79 Å². The Morgan fingerprint density at radius 1 is 1.35 bits per heavy atom. The Hall–Kier alpha value is -1.43. The van der Waals surface area contributed by atoms with Gasteiger partial charge in [0.05, 0.1) is 0 Å². The summed E-state index contributed by atoms with van der Waals surface area (Å²) in [5.74, 6) is 1.55. The maximum Gasteiger partial charge on any atom is 0.249 e. The van der Waals surface area contributed by atoms with E-state index in [0.717, 1.165) is 18.7 Å². The fourth-order valence-corrected chi connectivity index (χ4v) is 1.92. The van der Waals surface area contributed by atoms with Crippen LogP contribution in [0.4, 0.5) is 0 Å². The van der Waals surface area contributed by atoms with Gasteiger partial charge in [0.2, 0.25) is 11.8 Å². The van der Waals surface area contributed by atoms with Gasteiger partial charge in [0.15, 0.2) is 5.82 Å². The first-order valence-electron chi connectivity index (χ1n) is 7.29. The minimum Gasteiger partial charge on any atom is -0.344 e. The van der Waals surface area contributed by atoms with Gasteiger partial charge >= 0.3 is 0 Å². The SMILES string of the molecule is CC(C)C(NC(=O)C(C)C(C)N)c1nc(C2CC2)no1. The van der Waals surface area contributed by atoms with E-state index in [2.05, 4.69) is 15.5 Å². The Morgan fingerprint density at radius 2 is 2.00 bits per heavy atom. The molecule has 0 saturated heterocycles. The van der Waals surface area contributed by atoms with Crippen molar-refractivity contribution in [3.63, 3.8) is 0 Å². The molecule has 2 rings (SSSR count). The Morgan fingerprint density at radius 3 is 2.50 bits per heavy atom. The van der Waals surface area contributed by atoms with Crippen molar-refractivity contribution in [3.8, 4) is 0 Å². The lowest BCUT2D eigenvalue weighted by Gasteiger charge is -2.22. The molecule has 0 radical (unpaired) electrons. The van der Waals surface area contributed by atoms with E-state index in [4.69, 9.17) is 10.3 Å². The third-order valence-electron chi connectivity index (χ3n) is 3.83. The van der Waals surface area contributed by atoms with Gasteiger partial charge in [0, 0.05) is 17.9 Å². The van der Waals surface area contributed by atoms with Crippen molar-refractivity contribution < 1.29 is 9.32 Å². The van der Waals surface area contributed by atoms with Gasteiger partial charge in [0.25, 0.3) is 0 Å². The van der Waals surface area contributed by atoms with E-state index < -0.39 is 0 Å². The topological polar surface area (TPSA) is 94.0 Å². The summed E-state index contributed by atoms with van der Waals surface area (Å²) in [6, 6.07) is -0.448. The van der Waals surface area contributed by atoms with Crippen LogP contribution in [0.1, 0.15) is 64.2 Å². The van der Waals surface area contributed by atoms with Gasteiger partial charge in [-0.1, -0.05) is 25.9 Å². The van der Waals surface area contributed by atoms with Crippen LogP contribution in [0.2, 0.25) is 0 Å². The fourth-order valence-electron chi connectivity index (χ4n) is 1.92. The number of nitrogens with zero attached hydrogens (tertiary/aromatic N) is 2. The lowest BCUT2D eigenvalue weighted by molar-refractivity contribution is -0.126. The van der Waals surface area contributed by atoms with Gasteiger partial charge in [-0.25, -0.2) is 0 Å². The molecule has 6 nitrogen and oxygen atoms in total. The zero-order chi connectivity index (χ0) is 14.9. The monoisotopic (exact) mass is 280 g/mol. The molecule has 3 N–H and O–H groups in total. The van der Waals surface area contributed by atoms with Gasteiger partial charge in [-0.15, -0.1) is 0 Å². The number of aromatic nitrogens is 2. The van der Waals surface area contributed by atoms with Gasteiger partial charge in [-0.2, -0.15) is 4.98 Å².